The fourth-order valence-electron chi connectivity index (χ4n) is 7.82. The summed E-state index contributed by atoms with van der Waals surface area (Å²) >= 11 is 0. The zero-order chi connectivity index (χ0) is 31.6. The molecular formula is C34H42N6O4S. The molecule has 6 rings (SSSR count). The van der Waals surface area contributed by atoms with E-state index < -0.39 is 21.3 Å². The van der Waals surface area contributed by atoms with E-state index in [4.69, 9.17) is 4.74 Å². The number of aryl methyl sites for hydroxylation is 1. The average Bonchev–Trinajstić information content (AvgIpc) is 3.70. The van der Waals surface area contributed by atoms with Gasteiger partial charge in [-0.05, 0) is 87.0 Å². The number of anilines is 1. The second kappa shape index (κ2) is 12.9. The van der Waals surface area contributed by atoms with Gasteiger partial charge in [0, 0.05) is 57.4 Å². The second-order valence-corrected chi connectivity index (χ2v) is 14.6. The van der Waals surface area contributed by atoms with Crippen molar-refractivity contribution in [2.45, 2.75) is 53.5 Å². The second-order valence-electron chi connectivity index (χ2n) is 12.7. The number of benzene rings is 2. The summed E-state index contributed by atoms with van der Waals surface area (Å²) in [6.45, 7) is 4.74. The number of carbonyl (C=O) groups excluding carboxylic acids is 1. The normalized spacial score (nSPS) is 22.7. The van der Waals surface area contributed by atoms with Gasteiger partial charge < -0.3 is 19.9 Å². The quantitative estimate of drug-likeness (QED) is 0.370. The Balaban J connectivity index is 1.07. The minimum absolute atomic E-state index is 0.0377. The van der Waals surface area contributed by atoms with Crippen molar-refractivity contribution in [3.05, 3.63) is 72.4 Å². The molecule has 238 valence electrons. The maximum atomic E-state index is 12.9. The van der Waals surface area contributed by atoms with Gasteiger partial charge in [0.1, 0.15) is 6.10 Å². The van der Waals surface area contributed by atoms with Crippen LogP contribution >= 0.6 is 0 Å². The number of ether oxygens (including phenoxy) is 1. The van der Waals surface area contributed by atoms with Gasteiger partial charge in [0.05, 0.1) is 16.4 Å². The Kier molecular flexibility index (Phi) is 8.89. The fourth-order valence-corrected chi connectivity index (χ4v) is 9.03. The van der Waals surface area contributed by atoms with Crippen LogP contribution < -0.4 is 10.2 Å². The van der Waals surface area contributed by atoms with E-state index in [-0.39, 0.29) is 27.9 Å². The van der Waals surface area contributed by atoms with Crippen LogP contribution in [0.15, 0.2) is 76.8 Å². The number of sulfone groups is 1. The first-order valence-corrected chi connectivity index (χ1v) is 17.4. The van der Waals surface area contributed by atoms with Gasteiger partial charge in [-0.1, -0.05) is 30.3 Å². The molecule has 1 amide bonds. The third-order valence-electron chi connectivity index (χ3n) is 10.1. The molecule has 0 spiro atoms. The fraction of sp³-hybridized carbons (Fsp3) is 0.500. The van der Waals surface area contributed by atoms with Crippen LogP contribution in [0.3, 0.4) is 0 Å². The summed E-state index contributed by atoms with van der Waals surface area (Å²) in [7, 11) is -0.356. The van der Waals surface area contributed by atoms with Crippen molar-refractivity contribution in [1.82, 2.24) is 20.0 Å². The zero-order valence-electron chi connectivity index (χ0n) is 26.0. The van der Waals surface area contributed by atoms with E-state index in [1.54, 1.807) is 32.4 Å². The lowest BCUT2D eigenvalue weighted by atomic mass is 9.59. The maximum Gasteiger partial charge on any atom is 0.407 e. The van der Waals surface area contributed by atoms with E-state index in [1.165, 1.54) is 10.7 Å². The topological polar surface area (TPSA) is 121 Å². The number of hydrogen-bond donors (Lipinski definition) is 1. The molecular weight excluding hydrogens is 588 g/mol. The van der Waals surface area contributed by atoms with Gasteiger partial charge in [-0.25, -0.2) is 13.2 Å². The van der Waals surface area contributed by atoms with Gasteiger partial charge in [0.25, 0.3) is 0 Å². The highest BCUT2D eigenvalue weighted by molar-refractivity contribution is 7.91. The number of nitrogens with one attached hydrogen (secondary N) is 1. The molecule has 3 aromatic rings. The molecule has 1 N–H and O–H groups in total. The lowest BCUT2D eigenvalue weighted by Crippen LogP contribution is -2.54. The summed E-state index contributed by atoms with van der Waals surface area (Å²) in [6.07, 6.45) is 5.38. The summed E-state index contributed by atoms with van der Waals surface area (Å²) < 4.78 is 33.1. The van der Waals surface area contributed by atoms with Crippen LogP contribution in [0.4, 0.5) is 10.5 Å². The molecule has 0 radical (unpaired) electrons. The number of carbonyl (C=O) groups is 1. The Morgan fingerprint density at radius 3 is 2.38 bits per heavy atom. The van der Waals surface area contributed by atoms with E-state index in [0.29, 0.717) is 5.92 Å². The van der Waals surface area contributed by atoms with Gasteiger partial charge in [-0.15, -0.1) is 0 Å². The van der Waals surface area contributed by atoms with Gasteiger partial charge in [0.15, 0.2) is 5.03 Å². The van der Waals surface area contributed by atoms with Crippen molar-refractivity contribution in [3.8, 4) is 6.07 Å². The first-order chi connectivity index (χ1) is 21.7. The molecule has 1 aliphatic carbocycles. The van der Waals surface area contributed by atoms with E-state index in [1.807, 2.05) is 30.3 Å². The molecule has 1 aromatic heterocycles. The smallest absolute Gasteiger partial charge is 0.407 e. The minimum atomic E-state index is -3.63. The van der Waals surface area contributed by atoms with Crippen LogP contribution in [0.5, 0.6) is 0 Å². The van der Waals surface area contributed by atoms with Crippen LogP contribution in [0.1, 0.15) is 37.7 Å². The zero-order valence-corrected chi connectivity index (χ0v) is 26.8. The number of alkyl carbamates (subject to hydrolysis) is 1. The van der Waals surface area contributed by atoms with E-state index in [2.05, 4.69) is 38.4 Å². The summed E-state index contributed by atoms with van der Waals surface area (Å²) in [5.74, 6) is 0.677. The van der Waals surface area contributed by atoms with Gasteiger partial charge in [-0.2, -0.15) is 10.4 Å². The van der Waals surface area contributed by atoms with Crippen LogP contribution in [-0.4, -0.2) is 75.1 Å². The van der Waals surface area contributed by atoms with E-state index in [9.17, 15) is 18.5 Å². The molecule has 3 aliphatic rings. The van der Waals surface area contributed by atoms with E-state index in [0.717, 1.165) is 76.1 Å². The standard InChI is InChI=1S/C34H42N6O4S/c1-36-33(41)44-31-10-6-9-30(31)34(24-35,26-7-4-3-5-8-26)27-15-19-39(20-16-27)21-25-22-40(23-25)28-11-13-29(14-12-28)45(42,43)32-17-18-38(2)37-32/h3-5,7-8,11-14,17-18,25,27,30-31H,6,9-10,15-16,19-23H2,1-2H3,(H,36,41). The van der Waals surface area contributed by atoms with Crippen LogP contribution in [0.2, 0.25) is 0 Å². The molecule has 3 atom stereocenters. The molecule has 3 fully saturated rings. The number of likely N-dealkylation sites (tertiary alicyclic amines) is 1. The predicted octanol–water partition coefficient (Wildman–Crippen LogP) is 4.39. The predicted molar refractivity (Wildman–Crippen MR) is 170 cm³/mol. The number of nitrogens with zero attached hydrogens (tertiary/aromatic N) is 5. The van der Waals surface area contributed by atoms with Crippen LogP contribution in [-0.2, 0) is 27.0 Å². The number of amides is 1. The molecule has 11 heteroatoms. The lowest BCUT2D eigenvalue weighted by molar-refractivity contribution is 0.0307. The van der Waals surface area contributed by atoms with Crippen molar-refractivity contribution in [3.63, 3.8) is 0 Å². The first kappa shape index (κ1) is 31.1. The number of piperidine rings is 1. The Labute approximate surface area is 265 Å². The van der Waals surface area contributed by atoms with E-state index >= 15 is 0 Å². The van der Waals surface area contributed by atoms with Crippen molar-refractivity contribution < 1.29 is 17.9 Å². The van der Waals surface area contributed by atoms with Crippen molar-refractivity contribution in [2.75, 3.05) is 44.7 Å². The average molecular weight is 631 g/mol. The Bertz CT molecular complexity index is 1620. The largest absolute Gasteiger partial charge is 0.446 e. The summed E-state index contributed by atoms with van der Waals surface area (Å²) in [5.41, 5.74) is 1.36. The highest BCUT2D eigenvalue weighted by Crippen LogP contribution is 2.51. The lowest BCUT2D eigenvalue weighted by Gasteiger charge is -2.47. The Morgan fingerprint density at radius 1 is 1.04 bits per heavy atom. The van der Waals surface area contributed by atoms with Gasteiger partial charge in [-0.3, -0.25) is 4.68 Å². The summed E-state index contributed by atoms with van der Waals surface area (Å²) in [4.78, 5) is 17.3. The Hall–Kier alpha value is -3.88. The maximum absolute atomic E-state index is 12.9. The molecule has 3 heterocycles. The van der Waals surface area contributed by atoms with Gasteiger partial charge in [0.2, 0.25) is 9.84 Å². The minimum Gasteiger partial charge on any atom is -0.446 e. The highest BCUT2D eigenvalue weighted by Gasteiger charge is 2.53. The SMILES string of the molecule is CNC(=O)OC1CCCC1C(C#N)(c1ccccc1)C1CCN(CC2CN(c3ccc(S(=O)(=O)c4ccn(C)n4)cc3)C2)CC1. The Morgan fingerprint density at radius 2 is 1.76 bits per heavy atom. The van der Waals surface area contributed by atoms with Crippen molar-refractivity contribution in [2.24, 2.45) is 24.8 Å². The molecule has 10 nitrogen and oxygen atoms in total. The molecule has 0 bridgehead atoms. The summed E-state index contributed by atoms with van der Waals surface area (Å²) in [6, 6.07) is 21.6. The number of rotatable bonds is 9. The van der Waals surface area contributed by atoms with Gasteiger partial charge >= 0.3 is 6.09 Å². The van der Waals surface area contributed by atoms with Crippen LogP contribution in [0, 0.1) is 29.1 Å². The van der Waals surface area contributed by atoms with Crippen LogP contribution in [0.25, 0.3) is 0 Å². The summed E-state index contributed by atoms with van der Waals surface area (Å²) in [5, 5.41) is 17.6. The monoisotopic (exact) mass is 630 g/mol. The van der Waals surface area contributed by atoms with Crippen molar-refractivity contribution >= 4 is 21.6 Å². The molecule has 2 aliphatic heterocycles. The number of nitriles is 1. The third kappa shape index (κ3) is 6.06. The molecule has 2 aromatic carbocycles. The number of hydrogen-bond acceptors (Lipinski definition) is 8. The van der Waals surface area contributed by atoms with Crippen molar-refractivity contribution in [1.29, 1.82) is 5.26 Å². The molecule has 2 saturated heterocycles. The molecule has 1 saturated carbocycles. The third-order valence-corrected chi connectivity index (χ3v) is 11.8. The molecule has 3 unspecified atom stereocenters. The first-order valence-electron chi connectivity index (χ1n) is 15.9. The number of aromatic nitrogens is 2. The molecule has 45 heavy (non-hydrogen) atoms. The highest BCUT2D eigenvalue weighted by atomic mass is 32.2.